The van der Waals surface area contributed by atoms with Gasteiger partial charge in [-0.25, -0.2) is 4.39 Å². The Kier molecular flexibility index (Phi) is 8.82. The highest BCUT2D eigenvalue weighted by molar-refractivity contribution is 6.35. The van der Waals surface area contributed by atoms with Crippen LogP contribution in [0.1, 0.15) is 33.5 Å². The number of rotatable bonds is 8. The van der Waals surface area contributed by atoms with Crippen LogP contribution in [0.3, 0.4) is 0 Å². The summed E-state index contributed by atoms with van der Waals surface area (Å²) in [5, 5.41) is 10.7. The smallest absolute Gasteiger partial charge is 0.391 e. The van der Waals surface area contributed by atoms with Crippen LogP contribution in [0.25, 0.3) is 10.8 Å². The summed E-state index contributed by atoms with van der Waals surface area (Å²) in [7, 11) is 0. The van der Waals surface area contributed by atoms with Gasteiger partial charge >= 0.3 is 6.18 Å². The molecule has 1 N–H and O–H groups in total. The first-order valence-corrected chi connectivity index (χ1v) is 13.8. The minimum absolute atomic E-state index is 0.0268. The van der Waals surface area contributed by atoms with Crippen LogP contribution >= 0.6 is 34.8 Å². The van der Waals surface area contributed by atoms with E-state index in [-0.39, 0.29) is 24.4 Å². The lowest BCUT2D eigenvalue weighted by atomic mass is 9.85. The van der Waals surface area contributed by atoms with E-state index in [1.807, 2.05) is 6.07 Å². The van der Waals surface area contributed by atoms with Crippen LogP contribution in [0.2, 0.25) is 15.1 Å². The van der Waals surface area contributed by atoms with Crippen LogP contribution in [0.4, 0.5) is 17.6 Å². The van der Waals surface area contributed by atoms with Crippen molar-refractivity contribution in [2.24, 2.45) is 10.3 Å². The van der Waals surface area contributed by atoms with Gasteiger partial charge in [-0.3, -0.25) is 4.79 Å². The molecule has 1 aliphatic heterocycles. The van der Waals surface area contributed by atoms with Crippen molar-refractivity contribution in [2.75, 3.05) is 6.54 Å². The number of benzene rings is 4. The second-order valence-electron chi connectivity index (χ2n) is 9.49. The molecule has 1 heterocycles. The maximum absolute atomic E-state index is 14.5. The van der Waals surface area contributed by atoms with E-state index < -0.39 is 45.5 Å². The van der Waals surface area contributed by atoms with Crippen molar-refractivity contribution in [3.05, 3.63) is 116 Å². The van der Waals surface area contributed by atoms with Gasteiger partial charge in [-0.05, 0) is 46.7 Å². The third-order valence-electron chi connectivity index (χ3n) is 6.74. The van der Waals surface area contributed by atoms with Gasteiger partial charge in [-0.15, -0.1) is 0 Å². The Bertz CT molecular complexity index is 1740. The first kappa shape index (κ1) is 30.6. The molecule has 4 aromatic rings. The van der Waals surface area contributed by atoms with Crippen LogP contribution in [0.5, 0.6) is 0 Å². The Labute approximate surface area is 257 Å². The molecule has 43 heavy (non-hydrogen) atoms. The number of amides is 1. The first-order valence-electron chi connectivity index (χ1n) is 12.7. The first-order chi connectivity index (χ1) is 20.5. The lowest BCUT2D eigenvalue weighted by Crippen LogP contribution is -2.42. The van der Waals surface area contributed by atoms with Crippen molar-refractivity contribution in [3.63, 3.8) is 0 Å². The van der Waals surface area contributed by atoms with Gasteiger partial charge in [0, 0.05) is 28.1 Å². The molecule has 1 atom stereocenters. The van der Waals surface area contributed by atoms with Crippen LogP contribution in [-0.2, 0) is 21.9 Å². The predicted octanol–water partition coefficient (Wildman–Crippen LogP) is 8.45. The molecule has 0 aliphatic carbocycles. The number of halogens is 7. The average molecular weight is 653 g/mol. The van der Waals surface area contributed by atoms with Gasteiger partial charge in [0.2, 0.25) is 0 Å². The fourth-order valence-corrected chi connectivity index (χ4v) is 5.35. The van der Waals surface area contributed by atoms with Gasteiger partial charge in [0.1, 0.15) is 6.61 Å². The summed E-state index contributed by atoms with van der Waals surface area (Å²) in [4.78, 5) is 23.3. The normalized spacial score (nSPS) is 16.8. The van der Waals surface area contributed by atoms with Crippen molar-refractivity contribution in [1.82, 2.24) is 5.32 Å². The Morgan fingerprint density at radius 3 is 2.44 bits per heavy atom. The van der Waals surface area contributed by atoms with E-state index in [4.69, 9.17) is 44.5 Å². The highest BCUT2D eigenvalue weighted by Gasteiger charge is 2.62. The van der Waals surface area contributed by atoms with Crippen molar-refractivity contribution in [2.45, 2.75) is 24.8 Å². The second-order valence-corrected chi connectivity index (χ2v) is 10.7. The average Bonchev–Trinajstić information content (AvgIpc) is 3.44. The summed E-state index contributed by atoms with van der Waals surface area (Å²) in [5.74, 6) is -1.48. The Morgan fingerprint density at radius 2 is 1.74 bits per heavy atom. The quantitative estimate of drug-likeness (QED) is 0.0899. The van der Waals surface area contributed by atoms with E-state index in [0.717, 1.165) is 17.7 Å². The van der Waals surface area contributed by atoms with E-state index in [2.05, 4.69) is 15.6 Å². The van der Waals surface area contributed by atoms with Crippen molar-refractivity contribution < 1.29 is 32.0 Å². The highest BCUT2D eigenvalue weighted by Crippen LogP contribution is 2.50. The van der Waals surface area contributed by atoms with Gasteiger partial charge in [0.25, 0.3) is 11.5 Å². The Morgan fingerprint density at radius 1 is 1.02 bits per heavy atom. The summed E-state index contributed by atoms with van der Waals surface area (Å²) >= 11 is 17.5. The van der Waals surface area contributed by atoms with Crippen LogP contribution in [-0.4, -0.2) is 30.6 Å². The topological polar surface area (TPSA) is 72.3 Å². The van der Waals surface area contributed by atoms with Crippen LogP contribution in [0, 0.1) is 5.82 Å². The minimum atomic E-state index is -4.96. The molecule has 0 radical (unpaired) electrons. The number of hydrogen-bond donors (Lipinski definition) is 1. The number of nitrogens with zero attached hydrogens (tertiary/aromatic N) is 2. The van der Waals surface area contributed by atoms with Crippen LogP contribution in [0.15, 0.2) is 83.1 Å². The summed E-state index contributed by atoms with van der Waals surface area (Å²) in [6.45, 7) is 0.253. The largest absolute Gasteiger partial charge is 0.435 e. The van der Waals surface area contributed by atoms with Gasteiger partial charge in [-0.2, -0.15) is 13.2 Å². The number of oxime groups is 2. The third-order valence-corrected chi connectivity index (χ3v) is 7.52. The van der Waals surface area contributed by atoms with E-state index >= 15 is 0 Å². The molecule has 0 bridgehead atoms. The molecule has 0 saturated carbocycles. The molecule has 0 fully saturated rings. The third kappa shape index (κ3) is 6.27. The molecule has 0 aromatic heterocycles. The fraction of sp³-hybridized carbons (Fsp3) is 0.167. The lowest BCUT2D eigenvalue weighted by molar-refractivity contribution is -0.275. The number of alkyl halides is 3. The van der Waals surface area contributed by atoms with Crippen molar-refractivity contribution >= 4 is 63.4 Å². The molecule has 0 saturated heterocycles. The second kappa shape index (κ2) is 12.4. The molecule has 1 unspecified atom stereocenters. The maximum Gasteiger partial charge on any atom is 0.435 e. The minimum Gasteiger partial charge on any atom is -0.391 e. The number of nitrogens with one attached hydrogen (secondary N) is 1. The molecule has 13 heteroatoms. The molecular formula is C30H20Cl3F4N3O3. The van der Waals surface area contributed by atoms with Crippen LogP contribution < -0.4 is 5.32 Å². The standard InChI is InChI=1S/C30H20Cl3F4N3O3/c31-19-5-3-4-17(12-19)16-42-39-11-10-38-28(41)23-9-8-22(20-6-1-2-7-21(20)23)26-15-29(43-40-26,30(35,36)37)18-13-24(32)27(34)25(33)14-18/h1-9,11-14H,10,15-16H2,(H,38,41). The zero-order chi connectivity index (χ0) is 30.8. The Balaban J connectivity index is 1.34. The van der Waals surface area contributed by atoms with E-state index in [1.165, 1.54) is 18.3 Å². The molecule has 5 rings (SSSR count). The fourth-order valence-electron chi connectivity index (χ4n) is 4.65. The molecule has 6 nitrogen and oxygen atoms in total. The van der Waals surface area contributed by atoms with Gasteiger partial charge in [0.05, 0.1) is 28.5 Å². The van der Waals surface area contributed by atoms with E-state index in [1.54, 1.807) is 42.5 Å². The number of fused-ring (bicyclic) bond motifs is 1. The molecule has 222 valence electrons. The van der Waals surface area contributed by atoms with Gasteiger partial charge < -0.3 is 15.0 Å². The predicted molar refractivity (Wildman–Crippen MR) is 157 cm³/mol. The lowest BCUT2D eigenvalue weighted by Gasteiger charge is -2.29. The Hall–Kier alpha value is -3.86. The zero-order valence-electron chi connectivity index (χ0n) is 21.9. The molecule has 1 aliphatic rings. The monoisotopic (exact) mass is 651 g/mol. The molecular weight excluding hydrogens is 633 g/mol. The van der Waals surface area contributed by atoms with Crippen molar-refractivity contribution in [1.29, 1.82) is 0 Å². The number of carbonyl (C=O) groups excluding carboxylic acids is 1. The molecule has 1 amide bonds. The number of hydrogen-bond acceptors (Lipinski definition) is 5. The van der Waals surface area contributed by atoms with E-state index in [9.17, 15) is 22.4 Å². The summed E-state index contributed by atoms with van der Waals surface area (Å²) in [6, 6.07) is 18.5. The van der Waals surface area contributed by atoms with Gasteiger partial charge in [-0.1, -0.05) is 87.6 Å². The molecule has 4 aromatic carbocycles. The SMILES string of the molecule is O=C(NCC=NOCc1cccc(Cl)c1)c1ccc(C2=NOC(c3cc(Cl)c(F)c(Cl)c3)(C(F)(F)F)C2)c2ccccc12. The maximum atomic E-state index is 14.5. The van der Waals surface area contributed by atoms with Gasteiger partial charge in [0.15, 0.2) is 5.82 Å². The summed E-state index contributed by atoms with van der Waals surface area (Å²) in [6.07, 6.45) is -4.32. The summed E-state index contributed by atoms with van der Waals surface area (Å²) < 4.78 is 57.4. The zero-order valence-corrected chi connectivity index (χ0v) is 24.2. The molecule has 0 spiro atoms. The highest BCUT2D eigenvalue weighted by atomic mass is 35.5. The number of carbonyl (C=O) groups is 1. The van der Waals surface area contributed by atoms with E-state index in [0.29, 0.717) is 21.4 Å². The van der Waals surface area contributed by atoms with Crippen molar-refractivity contribution in [3.8, 4) is 0 Å². The summed E-state index contributed by atoms with van der Waals surface area (Å²) in [5.41, 5.74) is -2.03.